The Morgan fingerprint density at radius 2 is 1.87 bits per heavy atom. The highest BCUT2D eigenvalue weighted by atomic mass is 16.2. The molecule has 1 heterocycles. The van der Waals surface area contributed by atoms with Crippen molar-refractivity contribution >= 4 is 16.9 Å². The van der Waals surface area contributed by atoms with Crippen LogP contribution in [-0.4, -0.2) is 16.0 Å². The maximum atomic E-state index is 10.7. The highest BCUT2D eigenvalue weighted by Gasteiger charge is 1.90. The molecule has 0 unspecified atom stereocenters. The molecule has 2 amide bonds. The van der Waals surface area contributed by atoms with Gasteiger partial charge in [0.05, 0.1) is 5.52 Å². The average Bonchev–Trinajstić information content (AvgIpc) is 2.16. The second-order valence-electron chi connectivity index (χ2n) is 2.68. The lowest BCUT2D eigenvalue weighted by Gasteiger charge is -1.92. The van der Waals surface area contributed by atoms with E-state index in [0.717, 1.165) is 10.9 Å². The van der Waals surface area contributed by atoms with Crippen molar-refractivity contribution in [2.75, 3.05) is 0 Å². The maximum Gasteiger partial charge on any atom is 0.345 e. The minimum absolute atomic E-state index is 0.302. The smallest absolute Gasteiger partial charge is 0.345 e. The summed E-state index contributed by atoms with van der Waals surface area (Å²) in [5.74, 6) is 0. The Hall–Kier alpha value is -2.37. The number of aromatic amines is 1. The van der Waals surface area contributed by atoms with Gasteiger partial charge in [-0.05, 0) is 6.07 Å². The number of nitrogens with two attached hydrogens (primary N) is 2. The first-order valence-electron chi connectivity index (χ1n) is 4.08. The normalized spacial score (nSPS) is 9.07. The lowest BCUT2D eigenvalue weighted by Crippen LogP contribution is -2.18. The van der Waals surface area contributed by atoms with Crippen LogP contribution in [0.1, 0.15) is 0 Å². The predicted octanol–water partition coefficient (Wildman–Crippen LogP) is -0.0531. The SMILES string of the molecule is NC(N)=O.O=c1ncc2ccccc2[nH]1. The van der Waals surface area contributed by atoms with Crippen molar-refractivity contribution < 1.29 is 4.79 Å². The number of urea groups is 1. The number of nitrogens with one attached hydrogen (secondary N) is 1. The molecule has 0 saturated heterocycles. The molecule has 1 aromatic carbocycles. The van der Waals surface area contributed by atoms with Gasteiger partial charge in [0, 0.05) is 11.6 Å². The number of H-pyrrole nitrogens is 1. The summed E-state index contributed by atoms with van der Waals surface area (Å²) in [5, 5.41) is 0.951. The van der Waals surface area contributed by atoms with Crippen molar-refractivity contribution in [1.82, 2.24) is 9.97 Å². The molecule has 5 N–H and O–H groups in total. The van der Waals surface area contributed by atoms with Crippen molar-refractivity contribution in [2.24, 2.45) is 11.5 Å². The molecule has 78 valence electrons. The number of primary amides is 2. The summed E-state index contributed by atoms with van der Waals surface area (Å²) in [6, 6.07) is 6.69. The number of aromatic nitrogens is 2. The van der Waals surface area contributed by atoms with E-state index in [1.54, 1.807) is 6.20 Å². The van der Waals surface area contributed by atoms with Gasteiger partial charge >= 0.3 is 11.7 Å². The number of carbonyl (C=O) groups excluding carboxylic acids is 1. The fourth-order valence-corrected chi connectivity index (χ4v) is 0.999. The molecule has 0 bridgehead atoms. The van der Waals surface area contributed by atoms with E-state index >= 15 is 0 Å². The molecule has 0 radical (unpaired) electrons. The number of fused-ring (bicyclic) bond motifs is 1. The van der Waals surface area contributed by atoms with Crippen molar-refractivity contribution in [1.29, 1.82) is 0 Å². The summed E-state index contributed by atoms with van der Waals surface area (Å²) in [5.41, 5.74) is 9.02. The number of carbonyl (C=O) groups is 1. The molecular formula is C9H10N4O2. The maximum absolute atomic E-state index is 10.7. The zero-order valence-electron chi connectivity index (χ0n) is 7.81. The molecule has 6 heteroatoms. The first-order valence-corrected chi connectivity index (χ1v) is 4.08. The highest BCUT2D eigenvalue weighted by Crippen LogP contribution is 2.05. The Morgan fingerprint density at radius 3 is 2.53 bits per heavy atom. The lowest BCUT2D eigenvalue weighted by molar-refractivity contribution is 0.256. The fraction of sp³-hybridized carbons (Fsp3) is 0. The summed E-state index contributed by atoms with van der Waals surface area (Å²) in [6.45, 7) is 0. The molecule has 0 saturated carbocycles. The average molecular weight is 206 g/mol. The Balaban J connectivity index is 0.000000245. The number of para-hydroxylation sites is 1. The fourth-order valence-electron chi connectivity index (χ4n) is 0.999. The van der Waals surface area contributed by atoms with E-state index < -0.39 is 6.03 Å². The van der Waals surface area contributed by atoms with Gasteiger partial charge in [-0.1, -0.05) is 18.2 Å². The van der Waals surface area contributed by atoms with E-state index in [-0.39, 0.29) is 5.69 Å². The molecule has 2 aromatic rings. The number of hydrogen-bond donors (Lipinski definition) is 3. The monoisotopic (exact) mass is 206 g/mol. The largest absolute Gasteiger partial charge is 0.352 e. The predicted molar refractivity (Wildman–Crippen MR) is 56.1 cm³/mol. The van der Waals surface area contributed by atoms with Crippen LogP contribution in [0.3, 0.4) is 0 Å². The van der Waals surface area contributed by atoms with Crippen LogP contribution in [0.25, 0.3) is 10.9 Å². The van der Waals surface area contributed by atoms with Crippen molar-refractivity contribution in [3.8, 4) is 0 Å². The van der Waals surface area contributed by atoms with Crippen LogP contribution in [0, 0.1) is 0 Å². The van der Waals surface area contributed by atoms with Gasteiger partial charge in [0.15, 0.2) is 0 Å². The topological polar surface area (TPSA) is 115 Å². The molecule has 15 heavy (non-hydrogen) atoms. The molecule has 0 spiro atoms. The minimum atomic E-state index is -0.833. The first-order chi connectivity index (χ1) is 7.09. The summed E-state index contributed by atoms with van der Waals surface area (Å²) < 4.78 is 0. The number of hydrogen-bond acceptors (Lipinski definition) is 3. The highest BCUT2D eigenvalue weighted by molar-refractivity contribution is 5.76. The summed E-state index contributed by atoms with van der Waals surface area (Å²) >= 11 is 0. The summed E-state index contributed by atoms with van der Waals surface area (Å²) in [6.07, 6.45) is 1.56. The zero-order chi connectivity index (χ0) is 11.3. The number of nitrogens with zero attached hydrogens (tertiary/aromatic N) is 1. The Kier molecular flexibility index (Phi) is 3.39. The van der Waals surface area contributed by atoms with E-state index in [1.165, 1.54) is 0 Å². The van der Waals surface area contributed by atoms with Crippen molar-refractivity contribution in [2.45, 2.75) is 0 Å². The van der Waals surface area contributed by atoms with Gasteiger partial charge in [-0.2, -0.15) is 0 Å². The van der Waals surface area contributed by atoms with Crippen LogP contribution in [-0.2, 0) is 0 Å². The molecule has 6 nitrogen and oxygen atoms in total. The van der Waals surface area contributed by atoms with Gasteiger partial charge in [-0.15, -0.1) is 0 Å². The Labute approximate surface area is 84.9 Å². The third-order valence-electron chi connectivity index (χ3n) is 1.52. The number of benzene rings is 1. The van der Waals surface area contributed by atoms with Crippen molar-refractivity contribution in [3.63, 3.8) is 0 Å². The van der Waals surface area contributed by atoms with E-state index in [0.29, 0.717) is 0 Å². The molecule has 0 aliphatic heterocycles. The third kappa shape index (κ3) is 3.47. The molecule has 1 aromatic heterocycles. The summed E-state index contributed by atoms with van der Waals surface area (Å²) in [4.78, 5) is 25.9. The minimum Gasteiger partial charge on any atom is -0.352 e. The standard InChI is InChI=1S/C8H6N2O.CH4N2O/c11-8-9-5-6-3-1-2-4-7(6)10-8;2-1(3)4/h1-5H,(H,9,10,11);(H4,2,3,4). The third-order valence-corrected chi connectivity index (χ3v) is 1.52. The van der Waals surface area contributed by atoms with Crippen molar-refractivity contribution in [3.05, 3.63) is 40.9 Å². The molecule has 0 fully saturated rings. The Bertz CT molecular complexity index is 517. The number of amides is 2. The van der Waals surface area contributed by atoms with Gasteiger partial charge in [0.25, 0.3) is 0 Å². The van der Waals surface area contributed by atoms with Crippen LogP contribution >= 0.6 is 0 Å². The second-order valence-corrected chi connectivity index (χ2v) is 2.68. The quantitative estimate of drug-likeness (QED) is 0.561. The zero-order valence-corrected chi connectivity index (χ0v) is 7.81. The van der Waals surface area contributed by atoms with Gasteiger partial charge in [-0.3, -0.25) is 0 Å². The van der Waals surface area contributed by atoms with Crippen LogP contribution in [0.5, 0.6) is 0 Å². The van der Waals surface area contributed by atoms with Crippen LogP contribution in [0.4, 0.5) is 4.79 Å². The molecular weight excluding hydrogens is 196 g/mol. The molecule has 2 rings (SSSR count). The van der Waals surface area contributed by atoms with Gasteiger partial charge in [-0.25, -0.2) is 14.6 Å². The second kappa shape index (κ2) is 4.75. The number of rotatable bonds is 0. The molecule has 0 atom stereocenters. The van der Waals surface area contributed by atoms with Gasteiger partial charge in [0.1, 0.15) is 0 Å². The molecule has 0 aliphatic carbocycles. The van der Waals surface area contributed by atoms with E-state index in [4.69, 9.17) is 4.79 Å². The van der Waals surface area contributed by atoms with E-state index in [2.05, 4.69) is 21.4 Å². The van der Waals surface area contributed by atoms with Crippen LogP contribution < -0.4 is 17.2 Å². The Morgan fingerprint density at radius 1 is 1.27 bits per heavy atom. The van der Waals surface area contributed by atoms with Crippen LogP contribution in [0.15, 0.2) is 35.3 Å². The lowest BCUT2D eigenvalue weighted by atomic mass is 10.2. The first kappa shape index (κ1) is 10.7. The van der Waals surface area contributed by atoms with Gasteiger partial charge < -0.3 is 16.5 Å². The molecule has 0 aliphatic rings. The van der Waals surface area contributed by atoms with Gasteiger partial charge in [0.2, 0.25) is 0 Å². The summed E-state index contributed by atoms with van der Waals surface area (Å²) in [7, 11) is 0. The van der Waals surface area contributed by atoms with E-state index in [9.17, 15) is 4.79 Å². The van der Waals surface area contributed by atoms with E-state index in [1.807, 2.05) is 24.3 Å². The van der Waals surface area contributed by atoms with Crippen LogP contribution in [0.2, 0.25) is 0 Å².